The third kappa shape index (κ3) is 5.56. The van der Waals surface area contributed by atoms with Crippen molar-refractivity contribution in [1.82, 2.24) is 9.80 Å². The van der Waals surface area contributed by atoms with E-state index in [1.807, 2.05) is 4.90 Å². The van der Waals surface area contributed by atoms with Crippen molar-refractivity contribution in [3.8, 4) is 0 Å². The highest BCUT2D eigenvalue weighted by atomic mass is 32.2. The average Bonchev–Trinajstić information content (AvgIpc) is 2.28. The van der Waals surface area contributed by atoms with Gasteiger partial charge in [0.25, 0.3) is 0 Å². The van der Waals surface area contributed by atoms with Gasteiger partial charge in [-0.1, -0.05) is 6.92 Å². The number of sulfone groups is 1. The Morgan fingerprint density at radius 2 is 1.74 bits per heavy atom. The first kappa shape index (κ1) is 15.9. The van der Waals surface area contributed by atoms with Crippen molar-refractivity contribution in [2.75, 3.05) is 44.2 Å². The van der Waals surface area contributed by atoms with Gasteiger partial charge in [0, 0.05) is 26.2 Å². The van der Waals surface area contributed by atoms with E-state index in [0.717, 1.165) is 0 Å². The van der Waals surface area contributed by atoms with E-state index in [9.17, 15) is 18.0 Å². The van der Waals surface area contributed by atoms with Crippen LogP contribution in [0.2, 0.25) is 0 Å². The van der Waals surface area contributed by atoms with Crippen molar-refractivity contribution in [1.29, 1.82) is 0 Å². The molecule has 1 aliphatic rings. The lowest BCUT2D eigenvalue weighted by molar-refractivity contribution is -0.130. The molecule has 0 atom stereocenters. The molecule has 0 saturated carbocycles. The lowest BCUT2D eigenvalue weighted by Gasteiger charge is -2.33. The van der Waals surface area contributed by atoms with E-state index in [-0.39, 0.29) is 18.2 Å². The first-order chi connectivity index (χ1) is 8.84. The maximum atomic E-state index is 11.9. The molecular formula is C11H21N3O4S. The summed E-state index contributed by atoms with van der Waals surface area (Å²) in [5.74, 6) is -1.13. The molecule has 8 heteroatoms. The number of carbonyl (C=O) groups is 2. The van der Waals surface area contributed by atoms with Crippen molar-refractivity contribution < 1.29 is 18.0 Å². The largest absolute Gasteiger partial charge is 0.369 e. The Bertz CT molecular complexity index is 427. The number of hydrogen-bond donors (Lipinski definition) is 1. The van der Waals surface area contributed by atoms with E-state index in [1.54, 1.807) is 6.92 Å². The van der Waals surface area contributed by atoms with Crippen LogP contribution in [0.4, 0.5) is 0 Å². The second-order valence-electron chi connectivity index (χ2n) is 4.72. The Morgan fingerprint density at radius 1 is 1.16 bits per heavy atom. The number of nitrogens with zero attached hydrogens (tertiary/aromatic N) is 2. The van der Waals surface area contributed by atoms with E-state index >= 15 is 0 Å². The van der Waals surface area contributed by atoms with E-state index in [1.165, 1.54) is 4.90 Å². The number of rotatable bonds is 6. The van der Waals surface area contributed by atoms with Gasteiger partial charge in [-0.05, 0) is 6.42 Å². The third-order valence-electron chi connectivity index (χ3n) is 2.96. The molecule has 1 rings (SSSR count). The van der Waals surface area contributed by atoms with Gasteiger partial charge in [-0.25, -0.2) is 8.42 Å². The molecule has 0 radical (unpaired) electrons. The summed E-state index contributed by atoms with van der Waals surface area (Å²) in [4.78, 5) is 26.0. The van der Waals surface area contributed by atoms with Crippen LogP contribution in [0.15, 0.2) is 0 Å². The highest BCUT2D eigenvalue weighted by Gasteiger charge is 2.25. The van der Waals surface area contributed by atoms with Gasteiger partial charge in [-0.15, -0.1) is 0 Å². The quantitative estimate of drug-likeness (QED) is 0.638. The molecule has 1 saturated heterocycles. The van der Waals surface area contributed by atoms with E-state index in [4.69, 9.17) is 5.73 Å². The smallest absolute Gasteiger partial charge is 0.237 e. The Kier molecular flexibility index (Phi) is 5.74. The van der Waals surface area contributed by atoms with Crippen LogP contribution in [-0.4, -0.2) is 74.3 Å². The minimum absolute atomic E-state index is 0.0420. The molecule has 0 aliphatic carbocycles. The molecule has 0 aromatic rings. The molecule has 110 valence electrons. The molecule has 0 aromatic heterocycles. The van der Waals surface area contributed by atoms with Gasteiger partial charge in [0.2, 0.25) is 11.8 Å². The van der Waals surface area contributed by atoms with Crippen LogP contribution in [0, 0.1) is 0 Å². The van der Waals surface area contributed by atoms with Crippen LogP contribution >= 0.6 is 0 Å². The summed E-state index contributed by atoms with van der Waals surface area (Å²) in [6.07, 6.45) is 0.516. The van der Waals surface area contributed by atoms with Crippen LogP contribution in [0.1, 0.15) is 13.3 Å². The van der Waals surface area contributed by atoms with Gasteiger partial charge in [-0.3, -0.25) is 14.5 Å². The van der Waals surface area contributed by atoms with Crippen molar-refractivity contribution in [2.45, 2.75) is 13.3 Å². The summed E-state index contributed by atoms with van der Waals surface area (Å²) in [6.45, 7) is 3.91. The summed E-state index contributed by atoms with van der Waals surface area (Å²) >= 11 is 0. The minimum atomic E-state index is -3.29. The minimum Gasteiger partial charge on any atom is -0.369 e. The molecule has 0 bridgehead atoms. The standard InChI is InChI=1S/C11H21N3O4S/c1-2-7-19(17,18)9-11(16)14-5-3-13(4-6-14)8-10(12)15/h2-9H2,1H3,(H2,12,15). The van der Waals surface area contributed by atoms with Crippen LogP contribution < -0.4 is 5.73 Å². The highest BCUT2D eigenvalue weighted by molar-refractivity contribution is 7.92. The Morgan fingerprint density at radius 3 is 2.21 bits per heavy atom. The molecule has 1 fully saturated rings. The van der Waals surface area contributed by atoms with Gasteiger partial charge in [0.15, 0.2) is 9.84 Å². The molecule has 0 spiro atoms. The molecular weight excluding hydrogens is 270 g/mol. The second-order valence-corrected chi connectivity index (χ2v) is 6.90. The maximum absolute atomic E-state index is 11.9. The molecule has 2 N–H and O–H groups in total. The van der Waals surface area contributed by atoms with Crippen molar-refractivity contribution in [2.24, 2.45) is 5.73 Å². The lowest BCUT2D eigenvalue weighted by atomic mass is 10.3. The molecule has 0 aromatic carbocycles. The van der Waals surface area contributed by atoms with E-state index in [0.29, 0.717) is 32.6 Å². The zero-order valence-electron chi connectivity index (χ0n) is 11.2. The summed E-state index contributed by atoms with van der Waals surface area (Å²) in [5.41, 5.74) is 5.09. The Hall–Kier alpha value is -1.15. The van der Waals surface area contributed by atoms with Gasteiger partial charge in [0.1, 0.15) is 5.75 Å². The monoisotopic (exact) mass is 291 g/mol. The van der Waals surface area contributed by atoms with Gasteiger partial charge >= 0.3 is 0 Å². The maximum Gasteiger partial charge on any atom is 0.237 e. The van der Waals surface area contributed by atoms with Gasteiger partial charge < -0.3 is 10.6 Å². The van der Waals surface area contributed by atoms with Gasteiger partial charge in [0.05, 0.1) is 12.3 Å². The second kappa shape index (κ2) is 6.85. The summed E-state index contributed by atoms with van der Waals surface area (Å²) < 4.78 is 23.1. The van der Waals surface area contributed by atoms with Crippen LogP contribution in [0.3, 0.4) is 0 Å². The summed E-state index contributed by atoms with van der Waals surface area (Å²) in [6, 6.07) is 0. The first-order valence-corrected chi connectivity index (χ1v) is 8.15. The third-order valence-corrected chi connectivity index (χ3v) is 4.68. The van der Waals surface area contributed by atoms with Crippen LogP contribution in [0.25, 0.3) is 0 Å². The zero-order valence-corrected chi connectivity index (χ0v) is 12.0. The van der Waals surface area contributed by atoms with Crippen molar-refractivity contribution in [3.63, 3.8) is 0 Å². The molecule has 7 nitrogen and oxygen atoms in total. The Balaban J connectivity index is 2.43. The topological polar surface area (TPSA) is 101 Å². The average molecular weight is 291 g/mol. The predicted octanol–water partition coefficient (Wildman–Crippen LogP) is -1.56. The predicted molar refractivity (Wildman–Crippen MR) is 71.2 cm³/mol. The number of hydrogen-bond acceptors (Lipinski definition) is 5. The molecule has 0 unspecified atom stereocenters. The van der Waals surface area contributed by atoms with Crippen molar-refractivity contribution >= 4 is 21.7 Å². The van der Waals surface area contributed by atoms with Crippen LogP contribution in [0.5, 0.6) is 0 Å². The zero-order chi connectivity index (χ0) is 14.5. The highest BCUT2D eigenvalue weighted by Crippen LogP contribution is 2.04. The first-order valence-electron chi connectivity index (χ1n) is 6.33. The number of piperazine rings is 1. The SMILES string of the molecule is CCCS(=O)(=O)CC(=O)N1CCN(CC(N)=O)CC1. The van der Waals surface area contributed by atoms with Gasteiger partial charge in [-0.2, -0.15) is 0 Å². The van der Waals surface area contributed by atoms with E-state index < -0.39 is 21.5 Å². The molecule has 1 heterocycles. The molecule has 2 amide bonds. The molecule has 1 aliphatic heterocycles. The fourth-order valence-electron chi connectivity index (χ4n) is 2.04. The fourth-order valence-corrected chi connectivity index (χ4v) is 3.36. The Labute approximate surface area is 113 Å². The molecule has 19 heavy (non-hydrogen) atoms. The number of primary amides is 1. The fraction of sp³-hybridized carbons (Fsp3) is 0.818. The number of nitrogens with two attached hydrogens (primary N) is 1. The summed E-state index contributed by atoms with van der Waals surface area (Å²) in [5, 5.41) is 0. The lowest BCUT2D eigenvalue weighted by Crippen LogP contribution is -2.51. The van der Waals surface area contributed by atoms with Crippen molar-refractivity contribution in [3.05, 3.63) is 0 Å². The van der Waals surface area contributed by atoms with Crippen LogP contribution in [-0.2, 0) is 19.4 Å². The van der Waals surface area contributed by atoms with E-state index in [2.05, 4.69) is 0 Å². The normalized spacial score (nSPS) is 17.4. The number of carbonyl (C=O) groups excluding carboxylic acids is 2. The summed E-state index contributed by atoms with van der Waals surface area (Å²) in [7, 11) is -3.29. The number of amides is 2.